The lowest BCUT2D eigenvalue weighted by atomic mass is 10.1. The number of benzene rings is 2. The summed E-state index contributed by atoms with van der Waals surface area (Å²) in [6, 6.07) is 7.21. The molecule has 5 rings (SSSR count). The number of hydrogen-bond acceptors (Lipinski definition) is 6. The fraction of sp³-hybridized carbons (Fsp3) is 0.280. The molecule has 0 fully saturated rings. The van der Waals surface area contributed by atoms with Crippen LogP contribution in [0.1, 0.15) is 10.4 Å². The van der Waals surface area contributed by atoms with E-state index in [9.17, 15) is 9.18 Å². The fourth-order valence-corrected chi connectivity index (χ4v) is 4.78. The van der Waals surface area contributed by atoms with Crippen molar-refractivity contribution >= 4 is 41.5 Å². The summed E-state index contributed by atoms with van der Waals surface area (Å²) < 4.78 is 43.8. The molecule has 0 radical (unpaired) electrons. The summed E-state index contributed by atoms with van der Waals surface area (Å²) in [4.78, 5) is 17.1. The average molecular weight is 525 g/mol. The van der Waals surface area contributed by atoms with Crippen molar-refractivity contribution in [1.82, 2.24) is 24.5 Å². The number of hydrogen-bond donors (Lipinski definition) is 1. The Morgan fingerprint density at radius 3 is 2.70 bits per heavy atom. The first-order chi connectivity index (χ1) is 17.6. The van der Waals surface area contributed by atoms with E-state index in [1.165, 1.54) is 23.5 Å². The average Bonchev–Trinajstić information content (AvgIpc) is 3.56. The van der Waals surface area contributed by atoms with E-state index in [1.54, 1.807) is 29.9 Å². The van der Waals surface area contributed by atoms with Crippen LogP contribution in [0.2, 0.25) is 25.7 Å². The maximum atomic E-state index is 15.0. The van der Waals surface area contributed by atoms with Crippen molar-refractivity contribution in [1.29, 1.82) is 0 Å². The molecule has 192 valence electrons. The SMILES string of the molecule is Cn1ncc2c(F)c(C(=O)Nc3ccc4c(c3)c(-c3cocn3)nn4COCC[Si](C)(C)C)c(F)cc21. The number of aryl methyl sites for hydroxylation is 1. The van der Waals surface area contributed by atoms with E-state index in [4.69, 9.17) is 9.15 Å². The maximum absolute atomic E-state index is 15.0. The molecule has 0 bridgehead atoms. The zero-order valence-corrected chi connectivity index (χ0v) is 21.9. The highest BCUT2D eigenvalue weighted by atomic mass is 28.3. The second-order valence-electron chi connectivity index (χ2n) is 10.0. The fourth-order valence-electron chi connectivity index (χ4n) is 4.02. The first-order valence-corrected chi connectivity index (χ1v) is 15.4. The molecule has 0 saturated carbocycles. The van der Waals surface area contributed by atoms with Crippen LogP contribution in [0.4, 0.5) is 14.5 Å². The summed E-state index contributed by atoms with van der Waals surface area (Å²) in [6.45, 7) is 7.72. The Morgan fingerprint density at radius 1 is 1.16 bits per heavy atom. The van der Waals surface area contributed by atoms with Crippen molar-refractivity contribution in [2.24, 2.45) is 7.05 Å². The van der Waals surface area contributed by atoms with Crippen LogP contribution in [0.3, 0.4) is 0 Å². The highest BCUT2D eigenvalue weighted by Crippen LogP contribution is 2.30. The van der Waals surface area contributed by atoms with Gasteiger partial charge in [0.05, 0.1) is 22.6 Å². The van der Waals surface area contributed by atoms with Crippen LogP contribution in [0.15, 0.2) is 47.5 Å². The predicted molar refractivity (Wildman–Crippen MR) is 138 cm³/mol. The Kier molecular flexibility index (Phi) is 6.38. The van der Waals surface area contributed by atoms with Crippen molar-refractivity contribution in [3.05, 3.63) is 60.3 Å². The van der Waals surface area contributed by atoms with Crippen LogP contribution >= 0.6 is 0 Å². The molecule has 0 aliphatic rings. The number of rotatable bonds is 8. The van der Waals surface area contributed by atoms with Gasteiger partial charge in [-0.15, -0.1) is 0 Å². The van der Waals surface area contributed by atoms with Gasteiger partial charge in [-0.3, -0.25) is 9.48 Å². The molecule has 37 heavy (non-hydrogen) atoms. The first-order valence-electron chi connectivity index (χ1n) is 11.7. The van der Waals surface area contributed by atoms with Crippen LogP contribution in [0.25, 0.3) is 33.2 Å². The van der Waals surface area contributed by atoms with E-state index in [0.717, 1.165) is 17.6 Å². The number of fused-ring (bicyclic) bond motifs is 2. The van der Waals surface area contributed by atoms with Gasteiger partial charge in [-0.2, -0.15) is 10.2 Å². The Hall–Kier alpha value is -3.90. The lowest BCUT2D eigenvalue weighted by Gasteiger charge is -2.15. The van der Waals surface area contributed by atoms with Gasteiger partial charge in [0, 0.05) is 38.9 Å². The molecule has 0 saturated heterocycles. The molecule has 0 unspecified atom stereocenters. The van der Waals surface area contributed by atoms with E-state index in [1.807, 2.05) is 0 Å². The lowest BCUT2D eigenvalue weighted by Crippen LogP contribution is -2.22. The van der Waals surface area contributed by atoms with Crippen LogP contribution in [-0.2, 0) is 18.5 Å². The number of halogens is 2. The lowest BCUT2D eigenvalue weighted by molar-refractivity contribution is 0.0818. The van der Waals surface area contributed by atoms with Gasteiger partial charge >= 0.3 is 0 Å². The predicted octanol–water partition coefficient (Wildman–Crippen LogP) is 5.42. The van der Waals surface area contributed by atoms with Crippen LogP contribution in [0.5, 0.6) is 0 Å². The van der Waals surface area contributed by atoms with E-state index in [2.05, 4.69) is 40.1 Å². The van der Waals surface area contributed by atoms with Crippen LogP contribution in [0, 0.1) is 11.6 Å². The molecule has 0 spiro atoms. The number of aromatic nitrogens is 5. The third-order valence-electron chi connectivity index (χ3n) is 6.06. The van der Waals surface area contributed by atoms with Crippen molar-refractivity contribution < 1.29 is 22.7 Å². The molecule has 2 aromatic carbocycles. The zero-order valence-electron chi connectivity index (χ0n) is 20.9. The van der Waals surface area contributed by atoms with Gasteiger partial charge in [0.15, 0.2) is 6.39 Å². The van der Waals surface area contributed by atoms with Crippen molar-refractivity contribution in [3.8, 4) is 11.4 Å². The Labute approximate surface area is 212 Å². The van der Waals surface area contributed by atoms with Gasteiger partial charge in [-0.05, 0) is 24.2 Å². The summed E-state index contributed by atoms with van der Waals surface area (Å²) >= 11 is 0. The number of carbonyl (C=O) groups is 1. The second-order valence-corrected chi connectivity index (χ2v) is 15.6. The van der Waals surface area contributed by atoms with Gasteiger partial charge in [0.2, 0.25) is 0 Å². The van der Waals surface area contributed by atoms with E-state index in [0.29, 0.717) is 29.1 Å². The van der Waals surface area contributed by atoms with E-state index < -0.39 is 31.2 Å². The smallest absolute Gasteiger partial charge is 0.261 e. The normalized spacial score (nSPS) is 12.1. The monoisotopic (exact) mass is 524 g/mol. The first kappa shape index (κ1) is 24.8. The van der Waals surface area contributed by atoms with Gasteiger partial charge < -0.3 is 14.5 Å². The minimum Gasteiger partial charge on any atom is -0.451 e. The molecular formula is C25H26F2N6O3Si. The highest BCUT2D eigenvalue weighted by molar-refractivity contribution is 6.76. The maximum Gasteiger partial charge on any atom is 0.261 e. The summed E-state index contributed by atoms with van der Waals surface area (Å²) in [5.41, 5.74) is 1.70. The summed E-state index contributed by atoms with van der Waals surface area (Å²) in [5, 5.41) is 11.9. The van der Waals surface area contributed by atoms with E-state index in [-0.39, 0.29) is 17.6 Å². The zero-order chi connectivity index (χ0) is 26.3. The Morgan fingerprint density at radius 2 is 1.97 bits per heavy atom. The van der Waals surface area contributed by atoms with Crippen molar-refractivity contribution in [3.63, 3.8) is 0 Å². The van der Waals surface area contributed by atoms with Gasteiger partial charge in [-0.25, -0.2) is 18.4 Å². The number of anilines is 1. The molecule has 0 atom stereocenters. The van der Waals surface area contributed by atoms with Crippen LogP contribution in [-0.4, -0.2) is 45.1 Å². The number of carbonyl (C=O) groups excluding carboxylic acids is 1. The standard InChI is InChI=1S/C25H26F2N6O3Si/c1-32-21-10-18(26)22(23(27)17(21)11-29-32)25(34)30-15-5-6-20-16(9-15)24(19-12-36-13-28-19)31-33(20)14-35-7-8-37(2,3)4/h5-6,9-13H,7-8,14H2,1-4H3,(H,30,34). The Bertz CT molecular complexity index is 1600. The minimum absolute atomic E-state index is 0.0632. The molecule has 0 aliphatic carbocycles. The molecule has 12 heteroatoms. The quantitative estimate of drug-likeness (QED) is 0.215. The molecule has 9 nitrogen and oxygen atoms in total. The third kappa shape index (κ3) is 4.89. The number of nitrogens with one attached hydrogen (secondary N) is 1. The van der Waals surface area contributed by atoms with Gasteiger partial charge in [-0.1, -0.05) is 19.6 Å². The summed E-state index contributed by atoms with van der Waals surface area (Å²) in [5.74, 6) is -2.85. The molecule has 5 aromatic rings. The topological polar surface area (TPSA) is 100 Å². The Balaban J connectivity index is 1.46. The van der Waals surface area contributed by atoms with Crippen molar-refractivity contribution in [2.45, 2.75) is 32.4 Å². The van der Waals surface area contributed by atoms with Gasteiger partial charge in [0.25, 0.3) is 5.91 Å². The van der Waals surface area contributed by atoms with E-state index >= 15 is 4.39 Å². The molecule has 1 amide bonds. The third-order valence-corrected chi connectivity index (χ3v) is 7.77. The molecule has 0 aliphatic heterocycles. The van der Waals surface area contributed by atoms with Gasteiger partial charge in [0.1, 0.15) is 41.6 Å². The molecule has 3 aromatic heterocycles. The van der Waals surface area contributed by atoms with Crippen molar-refractivity contribution in [2.75, 3.05) is 11.9 Å². The second kappa shape index (κ2) is 9.52. The molecule has 1 N–H and O–H groups in total. The largest absolute Gasteiger partial charge is 0.451 e. The summed E-state index contributed by atoms with van der Waals surface area (Å²) in [6.07, 6.45) is 4.03. The highest BCUT2D eigenvalue weighted by Gasteiger charge is 2.23. The summed E-state index contributed by atoms with van der Waals surface area (Å²) in [7, 11) is 0.333. The number of oxazole rings is 1. The molecular weight excluding hydrogens is 498 g/mol. The number of ether oxygens (including phenoxy) is 1. The molecule has 3 heterocycles. The minimum atomic E-state index is -1.24. The number of amides is 1. The number of nitrogens with zero attached hydrogens (tertiary/aromatic N) is 5. The van der Waals surface area contributed by atoms with Crippen LogP contribution < -0.4 is 5.32 Å².